The normalized spacial score (nSPS) is 14.3. The van der Waals surface area contributed by atoms with Crippen molar-refractivity contribution in [1.29, 1.82) is 5.41 Å². The van der Waals surface area contributed by atoms with Crippen LogP contribution in [0.15, 0.2) is 47.2 Å². The van der Waals surface area contributed by atoms with E-state index in [0.29, 0.717) is 38.2 Å². The maximum absolute atomic E-state index is 13.3. The summed E-state index contributed by atoms with van der Waals surface area (Å²) < 4.78 is 13.6. The molecule has 3 rings (SSSR count). The van der Waals surface area contributed by atoms with Crippen molar-refractivity contribution in [3.05, 3.63) is 58.6 Å². The van der Waals surface area contributed by atoms with E-state index < -0.39 is 5.82 Å². The number of Topliss-reactive ketones (excluding diaryl/α,β-unsaturated/α-hetero) is 1. The Balaban J connectivity index is 1.46. The number of amides is 2. The van der Waals surface area contributed by atoms with Gasteiger partial charge in [-0.25, -0.2) is 9.18 Å². The summed E-state index contributed by atoms with van der Waals surface area (Å²) in [6.45, 7) is 1.32. The van der Waals surface area contributed by atoms with Crippen molar-refractivity contribution in [3.63, 3.8) is 0 Å². The number of pyridine rings is 1. The third-order valence-electron chi connectivity index (χ3n) is 4.78. The smallest absolute Gasteiger partial charge is 0.317 e. The van der Waals surface area contributed by atoms with Crippen LogP contribution in [0.3, 0.4) is 0 Å². The van der Waals surface area contributed by atoms with Crippen molar-refractivity contribution >= 4 is 39.3 Å². The summed E-state index contributed by atoms with van der Waals surface area (Å²) in [6.07, 6.45) is 4.34. The number of aromatic nitrogens is 1. The number of likely N-dealkylation sites (tertiary alicyclic amines) is 1. The van der Waals surface area contributed by atoms with Gasteiger partial charge in [0.2, 0.25) is 5.78 Å². The number of nitrogens with zero attached hydrogens (tertiary/aromatic N) is 2. The maximum Gasteiger partial charge on any atom is 0.317 e. The Morgan fingerprint density at radius 2 is 1.90 bits per heavy atom. The second kappa shape index (κ2) is 9.60. The molecule has 9 heteroatoms. The molecular weight excluding hydrogens is 441 g/mol. The average molecular weight is 462 g/mol. The first kappa shape index (κ1) is 20.9. The number of piperidine rings is 1. The first-order valence-electron chi connectivity index (χ1n) is 9.20. The summed E-state index contributed by atoms with van der Waals surface area (Å²) in [4.78, 5) is 30.5. The van der Waals surface area contributed by atoms with E-state index in [0.717, 1.165) is 5.56 Å². The molecule has 0 saturated carbocycles. The molecule has 2 amide bonds. The molecule has 0 bridgehead atoms. The molecule has 0 atom stereocenters. The standard InChI is InChI=1S/C20H21BrFN5O2/c21-16-11-15(1-2-17(16)22)26-19(23)18(28)14-5-9-27(10-6-14)20(29)25-12-13-3-7-24-8-4-13/h1-4,7-8,11,14H,5-6,9-10,12H2,(H2,23,26)(H,25,29). The molecule has 0 radical (unpaired) electrons. The van der Waals surface area contributed by atoms with Crippen molar-refractivity contribution < 1.29 is 14.0 Å². The summed E-state index contributed by atoms with van der Waals surface area (Å²) in [6, 6.07) is 7.71. The SMILES string of the molecule is N=C(Nc1ccc(F)c(Br)c1)C(=O)C1CCN(C(=O)NCc2ccncc2)CC1. The van der Waals surface area contributed by atoms with Crippen molar-refractivity contribution in [2.75, 3.05) is 18.4 Å². The van der Waals surface area contributed by atoms with Gasteiger partial charge in [0.25, 0.3) is 0 Å². The van der Waals surface area contributed by atoms with Crippen LogP contribution in [0.25, 0.3) is 0 Å². The lowest BCUT2D eigenvalue weighted by atomic mass is 9.92. The van der Waals surface area contributed by atoms with Crippen LogP contribution in [0, 0.1) is 17.1 Å². The predicted molar refractivity (Wildman–Crippen MR) is 111 cm³/mol. The lowest BCUT2D eigenvalue weighted by Crippen LogP contribution is -2.46. The zero-order chi connectivity index (χ0) is 20.8. The van der Waals surface area contributed by atoms with Gasteiger partial charge in [-0.3, -0.25) is 15.2 Å². The van der Waals surface area contributed by atoms with Crippen LogP contribution < -0.4 is 10.6 Å². The van der Waals surface area contributed by atoms with Gasteiger partial charge in [0.1, 0.15) is 5.82 Å². The molecule has 1 aliphatic rings. The third-order valence-corrected chi connectivity index (χ3v) is 5.39. The lowest BCUT2D eigenvalue weighted by molar-refractivity contribution is -0.117. The fraction of sp³-hybridized carbons (Fsp3) is 0.300. The summed E-state index contributed by atoms with van der Waals surface area (Å²) in [5.41, 5.74) is 1.43. The number of hydrogen-bond acceptors (Lipinski definition) is 4. The molecule has 2 aromatic rings. The second-order valence-electron chi connectivity index (χ2n) is 6.77. The maximum atomic E-state index is 13.3. The van der Waals surface area contributed by atoms with E-state index in [1.807, 2.05) is 12.1 Å². The van der Waals surface area contributed by atoms with Gasteiger partial charge in [0.15, 0.2) is 5.84 Å². The van der Waals surface area contributed by atoms with Crippen molar-refractivity contribution in [2.24, 2.45) is 5.92 Å². The molecule has 1 saturated heterocycles. The number of halogens is 2. The molecule has 1 aliphatic heterocycles. The van der Waals surface area contributed by atoms with Gasteiger partial charge in [-0.1, -0.05) is 0 Å². The van der Waals surface area contributed by atoms with Crippen LogP contribution in [0.1, 0.15) is 18.4 Å². The number of hydrogen-bond donors (Lipinski definition) is 3. The van der Waals surface area contributed by atoms with E-state index in [-0.39, 0.29) is 28.0 Å². The largest absolute Gasteiger partial charge is 0.338 e. The van der Waals surface area contributed by atoms with Gasteiger partial charge >= 0.3 is 6.03 Å². The van der Waals surface area contributed by atoms with Crippen molar-refractivity contribution in [2.45, 2.75) is 19.4 Å². The van der Waals surface area contributed by atoms with E-state index in [1.165, 1.54) is 18.2 Å². The summed E-state index contributed by atoms with van der Waals surface area (Å²) in [5.74, 6) is -1.27. The molecule has 29 heavy (non-hydrogen) atoms. The number of carbonyl (C=O) groups excluding carboxylic acids is 2. The van der Waals surface area contributed by atoms with Gasteiger partial charge in [-0.2, -0.15) is 0 Å². The van der Waals surface area contributed by atoms with Crippen LogP contribution in [-0.4, -0.2) is 40.6 Å². The molecule has 0 spiro atoms. The fourth-order valence-corrected chi connectivity index (χ4v) is 3.50. The summed E-state index contributed by atoms with van der Waals surface area (Å²) in [5, 5.41) is 13.6. The monoisotopic (exact) mass is 461 g/mol. The molecule has 7 nitrogen and oxygen atoms in total. The van der Waals surface area contributed by atoms with Crippen LogP contribution in [0.4, 0.5) is 14.9 Å². The predicted octanol–water partition coefficient (Wildman–Crippen LogP) is 3.56. The van der Waals surface area contributed by atoms with Gasteiger partial charge in [-0.05, 0) is 64.7 Å². The minimum absolute atomic E-state index is 0.169. The summed E-state index contributed by atoms with van der Waals surface area (Å²) in [7, 11) is 0. The van der Waals surface area contributed by atoms with Crippen LogP contribution in [-0.2, 0) is 11.3 Å². The van der Waals surface area contributed by atoms with E-state index in [1.54, 1.807) is 17.3 Å². The molecule has 1 aromatic heterocycles. The van der Waals surface area contributed by atoms with Crippen molar-refractivity contribution in [3.8, 4) is 0 Å². The Hall–Kier alpha value is -2.81. The van der Waals surface area contributed by atoms with Gasteiger partial charge in [-0.15, -0.1) is 0 Å². The fourth-order valence-electron chi connectivity index (χ4n) is 3.12. The van der Waals surface area contributed by atoms with Gasteiger partial charge in [0, 0.05) is 43.6 Å². The first-order chi connectivity index (χ1) is 13.9. The summed E-state index contributed by atoms with van der Waals surface area (Å²) >= 11 is 3.08. The minimum Gasteiger partial charge on any atom is -0.338 e. The van der Waals surface area contributed by atoms with E-state index in [4.69, 9.17) is 5.41 Å². The Morgan fingerprint density at radius 1 is 1.21 bits per heavy atom. The van der Waals surface area contributed by atoms with Crippen LogP contribution in [0.2, 0.25) is 0 Å². The number of amidine groups is 1. The van der Waals surface area contributed by atoms with E-state index in [2.05, 4.69) is 31.5 Å². The number of urea groups is 1. The van der Waals surface area contributed by atoms with E-state index in [9.17, 15) is 14.0 Å². The third kappa shape index (κ3) is 5.60. The highest BCUT2D eigenvalue weighted by Gasteiger charge is 2.29. The minimum atomic E-state index is -0.414. The Bertz CT molecular complexity index is 901. The Labute approximate surface area is 176 Å². The quantitative estimate of drug-likeness (QED) is 0.468. The number of anilines is 1. The first-order valence-corrected chi connectivity index (χ1v) is 10.00. The molecule has 2 heterocycles. The zero-order valence-electron chi connectivity index (χ0n) is 15.6. The molecule has 0 aliphatic carbocycles. The van der Waals surface area contributed by atoms with Crippen LogP contribution in [0.5, 0.6) is 0 Å². The van der Waals surface area contributed by atoms with E-state index >= 15 is 0 Å². The Kier molecular flexibility index (Phi) is 6.92. The van der Waals surface area contributed by atoms with Crippen LogP contribution >= 0.6 is 15.9 Å². The van der Waals surface area contributed by atoms with Gasteiger partial charge < -0.3 is 15.5 Å². The molecule has 152 valence electrons. The zero-order valence-corrected chi connectivity index (χ0v) is 17.2. The molecule has 3 N–H and O–H groups in total. The van der Waals surface area contributed by atoms with Gasteiger partial charge in [0.05, 0.1) is 4.47 Å². The number of rotatable bonds is 5. The number of carbonyl (C=O) groups is 2. The highest BCUT2D eigenvalue weighted by molar-refractivity contribution is 9.10. The average Bonchev–Trinajstić information content (AvgIpc) is 2.75. The van der Waals surface area contributed by atoms with Crippen molar-refractivity contribution in [1.82, 2.24) is 15.2 Å². The topological polar surface area (TPSA) is 98.2 Å². The molecule has 1 aromatic carbocycles. The number of ketones is 1. The second-order valence-corrected chi connectivity index (χ2v) is 7.62. The number of nitrogens with one attached hydrogen (secondary N) is 3. The highest BCUT2D eigenvalue weighted by atomic mass is 79.9. The number of benzene rings is 1. The molecular formula is C20H21BrFN5O2. The molecule has 0 unspecified atom stereocenters. The Morgan fingerprint density at radius 3 is 2.55 bits per heavy atom. The lowest BCUT2D eigenvalue weighted by Gasteiger charge is -2.31. The highest BCUT2D eigenvalue weighted by Crippen LogP contribution is 2.22. The molecule has 1 fully saturated rings.